The average molecular weight is 472 g/mol. The number of likely N-dealkylation sites (tertiary alicyclic amines) is 1. The van der Waals surface area contributed by atoms with Crippen molar-refractivity contribution in [3.8, 4) is 0 Å². The number of imidazole rings is 1. The van der Waals surface area contributed by atoms with E-state index in [0.717, 1.165) is 60.6 Å². The molecule has 4 N–H and O–H groups in total. The molecule has 30 heavy (non-hydrogen) atoms. The van der Waals surface area contributed by atoms with Gasteiger partial charge in [0.25, 0.3) is 0 Å². The first-order valence-electron chi connectivity index (χ1n) is 10.2. The molecule has 3 aromatic rings. The van der Waals surface area contributed by atoms with Crippen LogP contribution in [0.4, 0.5) is 17.5 Å². The monoisotopic (exact) mass is 471 g/mol. The van der Waals surface area contributed by atoms with Crippen molar-refractivity contribution in [1.29, 1.82) is 0 Å². The molecule has 1 fully saturated rings. The highest BCUT2D eigenvalue weighted by atomic mass is 79.9. The van der Waals surface area contributed by atoms with Crippen LogP contribution in [0.5, 0.6) is 0 Å². The van der Waals surface area contributed by atoms with Crippen molar-refractivity contribution in [3.63, 3.8) is 0 Å². The standard InChI is InChI=1S/C21H26BrN7O/c22-19-11-25-21(28-20(19)24-7-6-17-10-23-14-26-17)27-16-4-1-3-15(9-16)12-29-8-2-5-18(29)13-30/h1,3-4,9-11,14,18,30H,2,5-8,12-13H2,(H,23,26)(H2,24,25,27,28)/t18-/m0/s1. The third-order valence-corrected chi connectivity index (χ3v) is 5.84. The van der Waals surface area contributed by atoms with Crippen LogP contribution in [-0.4, -0.2) is 55.7 Å². The van der Waals surface area contributed by atoms with Gasteiger partial charge in [-0.15, -0.1) is 0 Å². The molecule has 1 aliphatic heterocycles. The summed E-state index contributed by atoms with van der Waals surface area (Å²) in [6.45, 7) is 2.82. The van der Waals surface area contributed by atoms with Crippen molar-refractivity contribution >= 4 is 33.4 Å². The van der Waals surface area contributed by atoms with E-state index in [9.17, 15) is 5.11 Å². The number of aliphatic hydroxyl groups excluding tert-OH is 1. The van der Waals surface area contributed by atoms with Gasteiger partial charge in [0.1, 0.15) is 5.82 Å². The van der Waals surface area contributed by atoms with E-state index in [1.54, 1.807) is 12.5 Å². The van der Waals surface area contributed by atoms with Crippen molar-refractivity contribution in [2.75, 3.05) is 30.3 Å². The number of hydrogen-bond donors (Lipinski definition) is 4. The van der Waals surface area contributed by atoms with Crippen LogP contribution in [-0.2, 0) is 13.0 Å². The van der Waals surface area contributed by atoms with Gasteiger partial charge in [0, 0.05) is 49.3 Å². The first-order valence-corrected chi connectivity index (χ1v) is 10.9. The molecule has 1 saturated heterocycles. The second kappa shape index (κ2) is 10.0. The molecule has 2 aromatic heterocycles. The minimum atomic E-state index is 0.223. The Morgan fingerprint density at radius 1 is 1.30 bits per heavy atom. The van der Waals surface area contributed by atoms with E-state index in [4.69, 9.17) is 0 Å². The van der Waals surface area contributed by atoms with Crippen LogP contribution in [0, 0.1) is 0 Å². The Morgan fingerprint density at radius 3 is 3.07 bits per heavy atom. The molecule has 9 heteroatoms. The second-order valence-electron chi connectivity index (χ2n) is 7.42. The number of hydrogen-bond acceptors (Lipinski definition) is 7. The van der Waals surface area contributed by atoms with Crippen molar-refractivity contribution in [2.45, 2.75) is 31.8 Å². The summed E-state index contributed by atoms with van der Waals surface area (Å²) < 4.78 is 0.815. The van der Waals surface area contributed by atoms with Gasteiger partial charge in [-0.05, 0) is 53.0 Å². The second-order valence-corrected chi connectivity index (χ2v) is 8.27. The lowest BCUT2D eigenvalue weighted by molar-refractivity contribution is 0.153. The largest absolute Gasteiger partial charge is 0.395 e. The van der Waals surface area contributed by atoms with E-state index in [1.165, 1.54) is 5.56 Å². The van der Waals surface area contributed by atoms with Gasteiger partial charge in [0.05, 0.1) is 17.4 Å². The number of aromatic nitrogens is 4. The number of aromatic amines is 1. The van der Waals surface area contributed by atoms with Crippen molar-refractivity contribution in [1.82, 2.24) is 24.8 Å². The topological polar surface area (TPSA) is 102 Å². The Morgan fingerprint density at radius 2 is 2.23 bits per heavy atom. The zero-order valence-corrected chi connectivity index (χ0v) is 18.3. The van der Waals surface area contributed by atoms with Gasteiger partial charge in [0.15, 0.2) is 0 Å². The Labute approximate surface area is 184 Å². The van der Waals surface area contributed by atoms with Crippen molar-refractivity contribution < 1.29 is 5.11 Å². The van der Waals surface area contributed by atoms with Gasteiger partial charge in [-0.2, -0.15) is 4.98 Å². The molecule has 158 valence electrons. The molecule has 3 heterocycles. The summed E-state index contributed by atoms with van der Waals surface area (Å²) in [5.74, 6) is 1.28. The van der Waals surface area contributed by atoms with Crippen LogP contribution < -0.4 is 10.6 Å². The number of anilines is 3. The number of H-pyrrole nitrogens is 1. The molecule has 0 spiro atoms. The van der Waals surface area contributed by atoms with E-state index in [0.29, 0.717) is 5.95 Å². The van der Waals surface area contributed by atoms with E-state index in [2.05, 4.69) is 63.5 Å². The fourth-order valence-corrected chi connectivity index (χ4v) is 4.04. The number of benzene rings is 1. The summed E-state index contributed by atoms with van der Waals surface area (Å²) in [6, 6.07) is 8.54. The molecule has 0 bridgehead atoms. The molecular weight excluding hydrogens is 446 g/mol. The molecule has 0 aliphatic carbocycles. The molecule has 0 saturated carbocycles. The molecule has 8 nitrogen and oxygen atoms in total. The Kier molecular flexibility index (Phi) is 6.93. The first-order chi connectivity index (χ1) is 14.7. The van der Waals surface area contributed by atoms with Crippen LogP contribution in [0.3, 0.4) is 0 Å². The zero-order chi connectivity index (χ0) is 20.8. The third-order valence-electron chi connectivity index (χ3n) is 5.26. The Balaban J connectivity index is 1.38. The number of nitrogens with one attached hydrogen (secondary N) is 3. The van der Waals surface area contributed by atoms with Crippen molar-refractivity contribution in [2.24, 2.45) is 0 Å². The minimum Gasteiger partial charge on any atom is -0.395 e. The highest BCUT2D eigenvalue weighted by Crippen LogP contribution is 2.24. The van der Waals surface area contributed by atoms with Crippen LogP contribution >= 0.6 is 15.9 Å². The molecule has 0 radical (unpaired) electrons. The third kappa shape index (κ3) is 5.35. The normalized spacial score (nSPS) is 16.7. The zero-order valence-electron chi connectivity index (χ0n) is 16.7. The summed E-state index contributed by atoms with van der Waals surface area (Å²) in [5.41, 5.74) is 3.22. The van der Waals surface area contributed by atoms with Gasteiger partial charge in [-0.1, -0.05) is 12.1 Å². The number of halogens is 1. The Bertz CT molecular complexity index is 950. The number of rotatable bonds is 9. The molecular formula is C21H26BrN7O. The van der Waals surface area contributed by atoms with Crippen LogP contribution in [0.15, 0.2) is 47.5 Å². The highest BCUT2D eigenvalue weighted by molar-refractivity contribution is 9.10. The van der Waals surface area contributed by atoms with Crippen molar-refractivity contribution in [3.05, 3.63) is 58.7 Å². The first kappa shape index (κ1) is 20.8. The summed E-state index contributed by atoms with van der Waals surface area (Å²) in [5, 5.41) is 16.2. The predicted octanol–water partition coefficient (Wildman–Crippen LogP) is 3.32. The lowest BCUT2D eigenvalue weighted by Crippen LogP contribution is -2.31. The quantitative estimate of drug-likeness (QED) is 0.379. The lowest BCUT2D eigenvalue weighted by atomic mass is 10.1. The highest BCUT2D eigenvalue weighted by Gasteiger charge is 2.23. The van der Waals surface area contributed by atoms with Gasteiger partial charge >= 0.3 is 0 Å². The molecule has 0 unspecified atom stereocenters. The number of nitrogens with zero attached hydrogens (tertiary/aromatic N) is 4. The van der Waals surface area contributed by atoms with E-state index in [-0.39, 0.29) is 12.6 Å². The maximum atomic E-state index is 9.54. The van der Waals surface area contributed by atoms with E-state index < -0.39 is 0 Å². The minimum absolute atomic E-state index is 0.223. The molecule has 1 aliphatic rings. The van der Waals surface area contributed by atoms with E-state index in [1.807, 2.05) is 18.3 Å². The fraction of sp³-hybridized carbons (Fsp3) is 0.381. The van der Waals surface area contributed by atoms with Gasteiger partial charge in [-0.25, -0.2) is 9.97 Å². The molecule has 1 aromatic carbocycles. The SMILES string of the molecule is OC[C@@H]1CCCN1Cc1cccc(Nc2ncc(Br)c(NCCc3cnc[nH]3)n2)c1. The summed E-state index contributed by atoms with van der Waals surface area (Å²) in [6.07, 6.45) is 8.28. The van der Waals surface area contributed by atoms with Crippen LogP contribution in [0.25, 0.3) is 0 Å². The van der Waals surface area contributed by atoms with E-state index >= 15 is 0 Å². The van der Waals surface area contributed by atoms with Crippen LogP contribution in [0.2, 0.25) is 0 Å². The van der Waals surface area contributed by atoms with Crippen LogP contribution in [0.1, 0.15) is 24.1 Å². The maximum absolute atomic E-state index is 9.54. The molecule has 4 rings (SSSR count). The average Bonchev–Trinajstić information content (AvgIpc) is 3.42. The number of aliphatic hydroxyl groups is 1. The van der Waals surface area contributed by atoms with Gasteiger partial charge in [-0.3, -0.25) is 4.90 Å². The fourth-order valence-electron chi connectivity index (χ4n) is 3.71. The predicted molar refractivity (Wildman–Crippen MR) is 121 cm³/mol. The van der Waals surface area contributed by atoms with Gasteiger partial charge < -0.3 is 20.7 Å². The summed E-state index contributed by atoms with van der Waals surface area (Å²) in [7, 11) is 0. The lowest BCUT2D eigenvalue weighted by Gasteiger charge is -2.22. The Hall–Kier alpha value is -2.49. The maximum Gasteiger partial charge on any atom is 0.229 e. The summed E-state index contributed by atoms with van der Waals surface area (Å²) in [4.78, 5) is 18.4. The van der Waals surface area contributed by atoms with Gasteiger partial charge in [0.2, 0.25) is 5.95 Å². The summed E-state index contributed by atoms with van der Waals surface area (Å²) >= 11 is 3.51. The molecule has 0 amide bonds. The smallest absolute Gasteiger partial charge is 0.229 e. The molecule has 1 atom stereocenters.